The minimum atomic E-state index is 0.625. The van der Waals surface area contributed by atoms with Gasteiger partial charge >= 0.3 is 0 Å². The number of benzene rings is 7. The molecule has 0 aliphatic carbocycles. The Balaban J connectivity index is 1.39. The normalized spacial score (nSPS) is 10.9. The Labute approximate surface area is 280 Å². The van der Waals surface area contributed by atoms with E-state index in [0.717, 1.165) is 61.2 Å². The van der Waals surface area contributed by atoms with Gasteiger partial charge in [0.15, 0.2) is 17.5 Å². The minimum Gasteiger partial charge on any atom is -0.208 e. The van der Waals surface area contributed by atoms with E-state index in [4.69, 9.17) is 15.0 Å². The smallest absolute Gasteiger partial charge is 0.164 e. The molecule has 0 aliphatic heterocycles. The summed E-state index contributed by atoms with van der Waals surface area (Å²) in [7, 11) is 0. The molecule has 226 valence electrons. The Morgan fingerprint density at radius 1 is 0.229 bits per heavy atom. The van der Waals surface area contributed by atoms with Crippen molar-refractivity contribution in [2.24, 2.45) is 0 Å². The van der Waals surface area contributed by atoms with Crippen LogP contribution in [0, 0.1) is 0 Å². The van der Waals surface area contributed by atoms with Crippen LogP contribution in [0.5, 0.6) is 0 Å². The largest absolute Gasteiger partial charge is 0.208 e. The first-order chi connectivity index (χ1) is 23.8. The quantitative estimate of drug-likeness (QED) is 0.179. The standard InChI is InChI=1S/C45H31N3/c1-5-17-32(18-6-1)36-25-15-26-37(31-36)43-46-44(40-28-14-13-27-38(40)33-19-7-2-8-20-33)48-45(47-43)41-30-16-29-39(34-21-9-3-10-22-34)42(41)35-23-11-4-12-24-35/h1-31H. The molecule has 7 aromatic carbocycles. The van der Waals surface area contributed by atoms with Crippen molar-refractivity contribution < 1.29 is 0 Å². The summed E-state index contributed by atoms with van der Waals surface area (Å²) in [6, 6.07) is 65.1. The van der Waals surface area contributed by atoms with Gasteiger partial charge in [0.2, 0.25) is 0 Å². The van der Waals surface area contributed by atoms with Crippen LogP contribution in [-0.4, -0.2) is 15.0 Å². The first-order valence-electron chi connectivity index (χ1n) is 16.1. The molecule has 0 spiro atoms. The Kier molecular flexibility index (Phi) is 7.92. The fourth-order valence-corrected chi connectivity index (χ4v) is 6.27. The summed E-state index contributed by atoms with van der Waals surface area (Å²) in [5.41, 5.74) is 11.7. The van der Waals surface area contributed by atoms with Crippen molar-refractivity contribution in [3.63, 3.8) is 0 Å². The molecule has 48 heavy (non-hydrogen) atoms. The van der Waals surface area contributed by atoms with Gasteiger partial charge in [-0.15, -0.1) is 0 Å². The predicted molar refractivity (Wildman–Crippen MR) is 198 cm³/mol. The average Bonchev–Trinajstić information content (AvgIpc) is 3.19. The molecular weight excluding hydrogens is 583 g/mol. The zero-order valence-electron chi connectivity index (χ0n) is 26.2. The van der Waals surface area contributed by atoms with Crippen LogP contribution in [0.1, 0.15) is 0 Å². The second-order valence-electron chi connectivity index (χ2n) is 11.6. The number of nitrogens with zero attached hydrogens (tertiary/aromatic N) is 3. The molecule has 0 unspecified atom stereocenters. The van der Waals surface area contributed by atoms with Crippen molar-refractivity contribution >= 4 is 0 Å². The van der Waals surface area contributed by atoms with Crippen molar-refractivity contribution in [2.75, 3.05) is 0 Å². The van der Waals surface area contributed by atoms with Gasteiger partial charge in [-0.05, 0) is 45.0 Å². The fourth-order valence-electron chi connectivity index (χ4n) is 6.27. The maximum atomic E-state index is 5.26. The van der Waals surface area contributed by atoms with E-state index >= 15 is 0 Å². The van der Waals surface area contributed by atoms with Crippen LogP contribution >= 0.6 is 0 Å². The molecule has 1 heterocycles. The van der Waals surface area contributed by atoms with Crippen molar-refractivity contribution in [3.05, 3.63) is 188 Å². The van der Waals surface area contributed by atoms with Crippen LogP contribution in [0.25, 0.3) is 78.7 Å². The molecule has 8 rings (SSSR count). The lowest BCUT2D eigenvalue weighted by atomic mass is 9.90. The van der Waals surface area contributed by atoms with Crippen molar-refractivity contribution in [1.82, 2.24) is 15.0 Å². The van der Waals surface area contributed by atoms with Gasteiger partial charge in [0.25, 0.3) is 0 Å². The van der Waals surface area contributed by atoms with E-state index < -0.39 is 0 Å². The number of aromatic nitrogens is 3. The topological polar surface area (TPSA) is 38.7 Å². The summed E-state index contributed by atoms with van der Waals surface area (Å²) in [5.74, 6) is 1.88. The summed E-state index contributed by atoms with van der Waals surface area (Å²) < 4.78 is 0. The molecule has 0 saturated carbocycles. The van der Waals surface area contributed by atoms with Crippen LogP contribution in [0.4, 0.5) is 0 Å². The number of hydrogen-bond donors (Lipinski definition) is 0. The van der Waals surface area contributed by atoms with E-state index in [2.05, 4.69) is 158 Å². The second kappa shape index (κ2) is 13.1. The molecule has 0 radical (unpaired) electrons. The molecule has 0 bridgehead atoms. The third kappa shape index (κ3) is 5.81. The number of hydrogen-bond acceptors (Lipinski definition) is 3. The third-order valence-electron chi connectivity index (χ3n) is 8.57. The maximum absolute atomic E-state index is 5.26. The van der Waals surface area contributed by atoms with Crippen molar-refractivity contribution in [3.8, 4) is 78.7 Å². The molecule has 0 saturated heterocycles. The lowest BCUT2D eigenvalue weighted by molar-refractivity contribution is 1.07. The van der Waals surface area contributed by atoms with Crippen LogP contribution in [0.2, 0.25) is 0 Å². The van der Waals surface area contributed by atoms with E-state index in [1.807, 2.05) is 30.3 Å². The molecular formula is C45H31N3. The highest BCUT2D eigenvalue weighted by Gasteiger charge is 2.20. The zero-order chi connectivity index (χ0) is 32.1. The monoisotopic (exact) mass is 613 g/mol. The van der Waals surface area contributed by atoms with Gasteiger partial charge in [-0.3, -0.25) is 0 Å². The van der Waals surface area contributed by atoms with E-state index in [-0.39, 0.29) is 0 Å². The van der Waals surface area contributed by atoms with Crippen LogP contribution in [-0.2, 0) is 0 Å². The molecule has 3 heteroatoms. The SMILES string of the molecule is c1ccc(-c2cccc(-c3nc(-c4ccccc4-c4ccccc4)nc(-c4cccc(-c5ccccc5)c4-c4ccccc4)n3)c2)cc1. The van der Waals surface area contributed by atoms with Gasteiger partial charge in [-0.1, -0.05) is 182 Å². The highest BCUT2D eigenvalue weighted by atomic mass is 15.0. The number of rotatable bonds is 7. The molecule has 8 aromatic rings. The van der Waals surface area contributed by atoms with E-state index in [1.54, 1.807) is 0 Å². The molecule has 0 N–H and O–H groups in total. The molecule has 3 nitrogen and oxygen atoms in total. The van der Waals surface area contributed by atoms with Crippen LogP contribution in [0.15, 0.2) is 188 Å². The van der Waals surface area contributed by atoms with Crippen LogP contribution in [0.3, 0.4) is 0 Å². The second-order valence-corrected chi connectivity index (χ2v) is 11.6. The highest BCUT2D eigenvalue weighted by molar-refractivity contribution is 5.93. The van der Waals surface area contributed by atoms with Gasteiger partial charge in [-0.25, -0.2) is 15.0 Å². The molecule has 0 aliphatic rings. The Bertz CT molecular complexity index is 2320. The van der Waals surface area contributed by atoms with E-state index in [1.165, 1.54) is 0 Å². The first kappa shape index (κ1) is 29.0. The maximum Gasteiger partial charge on any atom is 0.164 e. The lowest BCUT2D eigenvalue weighted by Crippen LogP contribution is -2.02. The third-order valence-corrected chi connectivity index (χ3v) is 8.57. The van der Waals surface area contributed by atoms with E-state index in [0.29, 0.717) is 17.5 Å². The highest BCUT2D eigenvalue weighted by Crippen LogP contribution is 2.40. The fraction of sp³-hybridized carbons (Fsp3) is 0. The summed E-state index contributed by atoms with van der Waals surface area (Å²) >= 11 is 0. The molecule has 0 fully saturated rings. The Morgan fingerprint density at radius 2 is 0.625 bits per heavy atom. The van der Waals surface area contributed by atoms with Gasteiger partial charge in [0.1, 0.15) is 0 Å². The van der Waals surface area contributed by atoms with Crippen molar-refractivity contribution in [2.45, 2.75) is 0 Å². The predicted octanol–water partition coefficient (Wildman–Crippen LogP) is 11.5. The summed E-state index contributed by atoms with van der Waals surface area (Å²) in [6.45, 7) is 0. The van der Waals surface area contributed by atoms with Gasteiger partial charge < -0.3 is 0 Å². The van der Waals surface area contributed by atoms with Gasteiger partial charge in [-0.2, -0.15) is 0 Å². The Hall–Kier alpha value is -6.45. The zero-order valence-corrected chi connectivity index (χ0v) is 26.2. The van der Waals surface area contributed by atoms with Gasteiger partial charge in [0.05, 0.1) is 0 Å². The summed E-state index contributed by atoms with van der Waals surface area (Å²) in [5, 5.41) is 0. The molecule has 0 atom stereocenters. The molecule has 0 amide bonds. The minimum absolute atomic E-state index is 0.625. The van der Waals surface area contributed by atoms with Crippen molar-refractivity contribution in [1.29, 1.82) is 0 Å². The molecule has 1 aromatic heterocycles. The van der Waals surface area contributed by atoms with E-state index in [9.17, 15) is 0 Å². The Morgan fingerprint density at radius 3 is 1.27 bits per heavy atom. The van der Waals surface area contributed by atoms with Crippen LogP contribution < -0.4 is 0 Å². The average molecular weight is 614 g/mol. The lowest BCUT2D eigenvalue weighted by Gasteiger charge is -2.17. The summed E-state index contributed by atoms with van der Waals surface area (Å²) in [4.78, 5) is 15.7. The van der Waals surface area contributed by atoms with Gasteiger partial charge in [0, 0.05) is 22.3 Å². The first-order valence-corrected chi connectivity index (χ1v) is 16.1. The summed E-state index contributed by atoms with van der Waals surface area (Å²) in [6.07, 6.45) is 0.